The minimum absolute atomic E-state index is 0.0936. The van der Waals surface area contributed by atoms with Gasteiger partial charge in [0.15, 0.2) is 0 Å². The van der Waals surface area contributed by atoms with Crippen molar-refractivity contribution in [3.05, 3.63) is 47.5 Å². The molecule has 0 bridgehead atoms. The first-order valence-corrected chi connectivity index (χ1v) is 11.8. The molecule has 4 rings (SSSR count). The highest BCUT2D eigenvalue weighted by molar-refractivity contribution is 5.95. The predicted octanol–water partition coefficient (Wildman–Crippen LogP) is 4.47. The number of anilines is 2. The summed E-state index contributed by atoms with van der Waals surface area (Å²) in [6.45, 7) is 9.28. The summed E-state index contributed by atoms with van der Waals surface area (Å²) >= 11 is 0. The van der Waals surface area contributed by atoms with Gasteiger partial charge in [-0.05, 0) is 62.2 Å². The van der Waals surface area contributed by atoms with Gasteiger partial charge in [-0.25, -0.2) is 8.78 Å². The van der Waals surface area contributed by atoms with Crippen molar-refractivity contribution < 1.29 is 23.4 Å². The summed E-state index contributed by atoms with van der Waals surface area (Å²) in [6, 6.07) is 11.2. The number of aromatic nitrogens is 4. The second-order valence-electron chi connectivity index (χ2n) is 8.85. The van der Waals surface area contributed by atoms with Crippen LogP contribution in [-0.4, -0.2) is 63.4 Å². The van der Waals surface area contributed by atoms with Gasteiger partial charge >= 0.3 is 0 Å². The number of phenolic OH excluding ortho intramolecular Hbond substituents is 1. The number of halogens is 2. The van der Waals surface area contributed by atoms with E-state index < -0.39 is 18.8 Å². The molecule has 2 atom stereocenters. The van der Waals surface area contributed by atoms with Crippen molar-refractivity contribution in [2.75, 3.05) is 23.3 Å². The van der Waals surface area contributed by atoms with E-state index in [1.54, 1.807) is 6.07 Å². The summed E-state index contributed by atoms with van der Waals surface area (Å²) in [5, 5.41) is 25.8. The summed E-state index contributed by atoms with van der Waals surface area (Å²) in [7, 11) is 0. The van der Waals surface area contributed by atoms with Gasteiger partial charge in [0.1, 0.15) is 5.75 Å². The standard InChI is InChI=1S/C17H22F2N6O2.C8H10O/c1-10-8-25(9-11(2)27-10)12-3-4-14(20-16(26)6-5-15(18)19)13(7-12)17-21-23-24-22-17;1-6-4-3-5-7(2)8(6)9/h3-4,7,10-11,15H,5-6,8-9H2,1-2H3,(H,20,26)(H,21,22,23,24);3-5,9H,1-2H3/t10-,11?;/m0./s1. The number of carbonyl (C=O) groups is 1. The van der Waals surface area contributed by atoms with Crippen LogP contribution in [0.4, 0.5) is 20.2 Å². The van der Waals surface area contributed by atoms with E-state index in [0.29, 0.717) is 22.8 Å². The molecule has 0 radical (unpaired) electrons. The normalized spacial score (nSPS) is 17.5. The van der Waals surface area contributed by atoms with E-state index in [1.807, 2.05) is 58.0 Å². The molecular weight excluding hydrogens is 470 g/mol. The lowest BCUT2D eigenvalue weighted by atomic mass is 10.1. The molecule has 1 fully saturated rings. The van der Waals surface area contributed by atoms with Crippen molar-refractivity contribution in [1.29, 1.82) is 0 Å². The van der Waals surface area contributed by atoms with Gasteiger partial charge in [0.05, 0.1) is 17.9 Å². The molecule has 2 heterocycles. The van der Waals surface area contributed by atoms with Crippen molar-refractivity contribution >= 4 is 17.3 Å². The first kappa shape index (κ1) is 27.0. The largest absolute Gasteiger partial charge is 0.507 e. The van der Waals surface area contributed by atoms with Gasteiger partial charge in [0.25, 0.3) is 0 Å². The molecule has 36 heavy (non-hydrogen) atoms. The number of benzene rings is 2. The van der Waals surface area contributed by atoms with Crippen LogP contribution in [0.1, 0.15) is 37.8 Å². The molecule has 3 N–H and O–H groups in total. The smallest absolute Gasteiger partial charge is 0.239 e. The first-order chi connectivity index (χ1) is 17.1. The number of hydrogen-bond donors (Lipinski definition) is 3. The number of ether oxygens (including phenoxy) is 1. The van der Waals surface area contributed by atoms with E-state index in [0.717, 1.165) is 29.9 Å². The lowest BCUT2D eigenvalue weighted by Gasteiger charge is -2.37. The molecular formula is C25H32F2N6O3. The number of para-hydroxylation sites is 1. The van der Waals surface area contributed by atoms with E-state index in [4.69, 9.17) is 4.74 Å². The highest BCUT2D eigenvalue weighted by atomic mass is 19.3. The Morgan fingerprint density at radius 3 is 2.42 bits per heavy atom. The van der Waals surface area contributed by atoms with Crippen LogP contribution in [0.3, 0.4) is 0 Å². The van der Waals surface area contributed by atoms with Crippen molar-refractivity contribution in [2.24, 2.45) is 0 Å². The number of H-pyrrole nitrogens is 1. The number of tetrazole rings is 1. The van der Waals surface area contributed by atoms with Crippen LogP contribution in [0.15, 0.2) is 36.4 Å². The number of hydrogen-bond acceptors (Lipinski definition) is 7. The van der Waals surface area contributed by atoms with Crippen LogP contribution in [0.5, 0.6) is 5.75 Å². The Kier molecular flexibility index (Phi) is 9.29. The summed E-state index contributed by atoms with van der Waals surface area (Å²) in [6.07, 6.45) is -3.07. The Bertz CT molecular complexity index is 1110. The molecule has 1 amide bonds. The molecule has 1 aliphatic rings. The zero-order valence-corrected chi connectivity index (χ0v) is 20.8. The Hall–Kier alpha value is -3.60. The maximum atomic E-state index is 12.3. The molecule has 1 aliphatic heterocycles. The number of aromatic hydroxyl groups is 1. The maximum absolute atomic E-state index is 12.3. The molecule has 0 spiro atoms. The number of nitrogens with one attached hydrogen (secondary N) is 2. The van der Waals surface area contributed by atoms with Crippen LogP contribution >= 0.6 is 0 Å². The number of phenols is 1. The molecule has 0 saturated carbocycles. The van der Waals surface area contributed by atoms with Crippen molar-refractivity contribution in [1.82, 2.24) is 20.6 Å². The summed E-state index contributed by atoms with van der Waals surface area (Å²) in [5.74, 6) is 0.245. The van der Waals surface area contributed by atoms with Gasteiger partial charge in [-0.1, -0.05) is 18.2 Å². The average molecular weight is 503 g/mol. The van der Waals surface area contributed by atoms with Gasteiger partial charge in [0.2, 0.25) is 18.2 Å². The van der Waals surface area contributed by atoms with E-state index >= 15 is 0 Å². The lowest BCUT2D eigenvalue weighted by molar-refractivity contribution is -0.116. The van der Waals surface area contributed by atoms with E-state index in [2.05, 4.69) is 30.8 Å². The quantitative estimate of drug-likeness (QED) is 0.455. The molecule has 3 aromatic rings. The topological polar surface area (TPSA) is 116 Å². The second-order valence-corrected chi connectivity index (χ2v) is 8.85. The van der Waals surface area contributed by atoms with E-state index in [9.17, 15) is 18.7 Å². The molecule has 9 nitrogen and oxygen atoms in total. The minimum Gasteiger partial charge on any atom is -0.507 e. The zero-order chi connectivity index (χ0) is 26.2. The number of aryl methyl sites for hydroxylation is 2. The summed E-state index contributed by atoms with van der Waals surface area (Å²) in [5.41, 5.74) is 3.83. The van der Waals surface area contributed by atoms with Crippen LogP contribution < -0.4 is 10.2 Å². The number of amides is 1. The van der Waals surface area contributed by atoms with Gasteiger partial charge in [-0.3, -0.25) is 4.79 Å². The number of nitrogens with zero attached hydrogens (tertiary/aromatic N) is 4. The highest BCUT2D eigenvalue weighted by Crippen LogP contribution is 2.31. The first-order valence-electron chi connectivity index (χ1n) is 11.8. The Balaban J connectivity index is 0.000000338. The fourth-order valence-electron chi connectivity index (χ4n) is 3.95. The molecule has 1 aromatic heterocycles. The van der Waals surface area contributed by atoms with Crippen molar-refractivity contribution in [3.8, 4) is 17.1 Å². The van der Waals surface area contributed by atoms with Gasteiger partial charge < -0.3 is 20.1 Å². The maximum Gasteiger partial charge on any atom is 0.239 e. The molecule has 2 aromatic carbocycles. The van der Waals surface area contributed by atoms with Crippen molar-refractivity contribution in [3.63, 3.8) is 0 Å². The van der Waals surface area contributed by atoms with Crippen LogP contribution in [0.25, 0.3) is 11.4 Å². The Morgan fingerprint density at radius 1 is 1.19 bits per heavy atom. The van der Waals surface area contributed by atoms with Crippen LogP contribution in [0.2, 0.25) is 0 Å². The monoisotopic (exact) mass is 502 g/mol. The molecule has 1 unspecified atom stereocenters. The number of alkyl halides is 2. The minimum atomic E-state index is -2.51. The molecule has 1 saturated heterocycles. The lowest BCUT2D eigenvalue weighted by Crippen LogP contribution is -2.45. The van der Waals surface area contributed by atoms with Crippen molar-refractivity contribution in [2.45, 2.75) is 59.2 Å². The third-order valence-electron chi connectivity index (χ3n) is 5.68. The molecule has 194 valence electrons. The number of morpholine rings is 1. The van der Waals surface area contributed by atoms with E-state index in [-0.39, 0.29) is 18.6 Å². The second kappa shape index (κ2) is 12.4. The third kappa shape index (κ3) is 7.45. The van der Waals surface area contributed by atoms with Gasteiger partial charge in [0, 0.05) is 37.2 Å². The number of rotatable bonds is 6. The SMILES string of the molecule is CC1CN(c2ccc(NC(=O)CCC(F)F)c(-c3nn[nH]n3)c2)C[C@H](C)O1.Cc1cccc(C)c1O. The Morgan fingerprint density at radius 2 is 1.86 bits per heavy atom. The molecule has 0 aliphatic carbocycles. The Labute approximate surface area is 208 Å². The summed E-state index contributed by atoms with van der Waals surface area (Å²) < 4.78 is 30.4. The molecule has 11 heteroatoms. The number of aromatic amines is 1. The fourth-order valence-corrected chi connectivity index (χ4v) is 3.95. The average Bonchev–Trinajstić information content (AvgIpc) is 3.36. The highest BCUT2D eigenvalue weighted by Gasteiger charge is 2.24. The van der Waals surface area contributed by atoms with E-state index in [1.165, 1.54) is 0 Å². The third-order valence-corrected chi connectivity index (χ3v) is 5.68. The predicted molar refractivity (Wildman–Crippen MR) is 133 cm³/mol. The van der Waals surface area contributed by atoms with Gasteiger partial charge in [-0.2, -0.15) is 5.21 Å². The van der Waals surface area contributed by atoms with Crippen LogP contribution in [-0.2, 0) is 9.53 Å². The zero-order valence-electron chi connectivity index (χ0n) is 20.8. The van der Waals surface area contributed by atoms with Gasteiger partial charge in [-0.15, -0.1) is 10.2 Å². The summed E-state index contributed by atoms with van der Waals surface area (Å²) in [4.78, 5) is 14.2. The number of carbonyl (C=O) groups excluding carboxylic acids is 1. The van der Waals surface area contributed by atoms with Crippen LogP contribution in [0, 0.1) is 13.8 Å². The fraction of sp³-hybridized carbons (Fsp3) is 0.440.